The fraction of sp³-hybridized carbons (Fsp3) is 0.600. The zero-order chi connectivity index (χ0) is 15.9. The summed E-state index contributed by atoms with van der Waals surface area (Å²) in [5.41, 5.74) is 0.302. The monoisotopic (exact) mass is 307 g/mol. The van der Waals surface area contributed by atoms with Crippen LogP contribution in [0.3, 0.4) is 0 Å². The molecule has 21 heavy (non-hydrogen) atoms. The van der Waals surface area contributed by atoms with Gasteiger partial charge in [-0.25, -0.2) is 4.39 Å². The fourth-order valence-corrected chi connectivity index (χ4v) is 2.21. The minimum Gasteiger partial charge on any atom is -0.496 e. The first-order valence-electron chi connectivity index (χ1n) is 7.01. The van der Waals surface area contributed by atoms with E-state index in [-0.39, 0.29) is 12.8 Å². The number of halogens is 4. The van der Waals surface area contributed by atoms with Crippen molar-refractivity contribution in [1.29, 1.82) is 0 Å². The second-order valence-electron chi connectivity index (χ2n) is 4.87. The lowest BCUT2D eigenvalue weighted by atomic mass is 9.99. The maximum atomic E-state index is 14.0. The topological polar surface area (TPSA) is 21.3 Å². The fourth-order valence-electron chi connectivity index (χ4n) is 2.21. The predicted octanol–water partition coefficient (Wildman–Crippen LogP) is 4.61. The molecule has 0 fully saturated rings. The van der Waals surface area contributed by atoms with Crippen LogP contribution in [0.4, 0.5) is 17.6 Å². The summed E-state index contributed by atoms with van der Waals surface area (Å²) in [4.78, 5) is 0. The molecule has 0 heterocycles. The van der Waals surface area contributed by atoms with Crippen LogP contribution in [0.1, 0.15) is 44.2 Å². The van der Waals surface area contributed by atoms with Crippen molar-refractivity contribution in [3.63, 3.8) is 0 Å². The second-order valence-corrected chi connectivity index (χ2v) is 4.87. The second kappa shape index (κ2) is 8.22. The molecule has 0 aliphatic heterocycles. The molecule has 0 saturated heterocycles. The molecule has 0 bridgehead atoms. The van der Waals surface area contributed by atoms with Crippen molar-refractivity contribution < 1.29 is 22.3 Å². The van der Waals surface area contributed by atoms with E-state index in [4.69, 9.17) is 4.74 Å². The highest BCUT2D eigenvalue weighted by Gasteiger charge is 2.28. The molecule has 0 radical (unpaired) electrons. The number of benzene rings is 1. The van der Waals surface area contributed by atoms with Gasteiger partial charge >= 0.3 is 6.18 Å². The molecule has 1 aromatic carbocycles. The van der Waals surface area contributed by atoms with E-state index in [0.29, 0.717) is 17.9 Å². The Labute approximate surface area is 122 Å². The van der Waals surface area contributed by atoms with Crippen LogP contribution in [-0.4, -0.2) is 19.8 Å². The largest absolute Gasteiger partial charge is 0.496 e. The first-order chi connectivity index (χ1) is 9.89. The predicted molar refractivity (Wildman–Crippen MR) is 73.9 cm³/mol. The molecule has 1 aromatic rings. The van der Waals surface area contributed by atoms with Gasteiger partial charge in [-0.15, -0.1) is 0 Å². The Morgan fingerprint density at radius 3 is 2.57 bits per heavy atom. The molecule has 0 aliphatic rings. The Morgan fingerprint density at radius 1 is 1.29 bits per heavy atom. The molecule has 0 amide bonds. The van der Waals surface area contributed by atoms with Gasteiger partial charge in [0.2, 0.25) is 0 Å². The van der Waals surface area contributed by atoms with Gasteiger partial charge in [0.15, 0.2) is 0 Å². The molecule has 6 heteroatoms. The smallest absolute Gasteiger partial charge is 0.389 e. The van der Waals surface area contributed by atoms with E-state index < -0.39 is 24.5 Å². The van der Waals surface area contributed by atoms with Crippen molar-refractivity contribution in [2.45, 2.75) is 44.8 Å². The highest BCUT2D eigenvalue weighted by atomic mass is 19.4. The molecular weight excluding hydrogens is 286 g/mol. The number of methoxy groups -OCH3 is 1. The Kier molecular flexibility index (Phi) is 6.95. The molecule has 1 unspecified atom stereocenters. The summed E-state index contributed by atoms with van der Waals surface area (Å²) in [7, 11) is 1.42. The maximum Gasteiger partial charge on any atom is 0.389 e. The molecule has 2 nitrogen and oxygen atoms in total. The zero-order valence-corrected chi connectivity index (χ0v) is 12.3. The molecule has 0 aliphatic carbocycles. The molecule has 0 spiro atoms. The Bertz CT molecular complexity index is 434. The Hall–Kier alpha value is -1.30. The maximum absolute atomic E-state index is 14.0. The van der Waals surface area contributed by atoms with Crippen molar-refractivity contribution in [2.75, 3.05) is 13.7 Å². The van der Waals surface area contributed by atoms with E-state index in [1.807, 2.05) is 6.92 Å². The first kappa shape index (κ1) is 17.8. The summed E-state index contributed by atoms with van der Waals surface area (Å²) in [5, 5.41) is 3.10. The standard InChI is InChI=1S/C15H21F4NO/c1-3-10-20-12(7-5-9-15(17,18)19)14-11(16)6-4-8-13(14)21-2/h4,6,8,12,20H,3,5,7,9-10H2,1-2H3. The van der Waals surface area contributed by atoms with Crippen molar-refractivity contribution in [1.82, 2.24) is 5.32 Å². The van der Waals surface area contributed by atoms with Crippen molar-refractivity contribution in [3.05, 3.63) is 29.6 Å². The van der Waals surface area contributed by atoms with Gasteiger partial charge in [-0.1, -0.05) is 13.0 Å². The number of ether oxygens (including phenoxy) is 1. The lowest BCUT2D eigenvalue weighted by Crippen LogP contribution is -2.24. The lowest BCUT2D eigenvalue weighted by Gasteiger charge is -2.22. The Morgan fingerprint density at radius 2 is 2.00 bits per heavy atom. The number of nitrogens with one attached hydrogen (secondary N) is 1. The van der Waals surface area contributed by atoms with Crippen molar-refractivity contribution in [2.24, 2.45) is 0 Å². The third kappa shape index (κ3) is 5.91. The summed E-state index contributed by atoms with van der Waals surface area (Å²) < 4.78 is 56.0. The molecule has 1 N–H and O–H groups in total. The summed E-state index contributed by atoms with van der Waals surface area (Å²) in [6.07, 6.45) is -4.09. The summed E-state index contributed by atoms with van der Waals surface area (Å²) in [6.45, 7) is 2.55. The van der Waals surface area contributed by atoms with Crippen LogP contribution in [0.2, 0.25) is 0 Å². The first-order valence-corrected chi connectivity index (χ1v) is 7.01. The SMILES string of the molecule is CCCNC(CCCC(F)(F)F)c1c(F)cccc1OC. The highest BCUT2D eigenvalue weighted by molar-refractivity contribution is 5.37. The molecular formula is C15H21F4NO. The van der Waals surface area contributed by atoms with E-state index in [0.717, 1.165) is 6.42 Å². The normalized spacial score (nSPS) is 13.2. The van der Waals surface area contributed by atoms with Gasteiger partial charge in [0.1, 0.15) is 11.6 Å². The quantitative estimate of drug-likeness (QED) is 0.708. The number of hydrogen-bond acceptors (Lipinski definition) is 2. The van der Waals surface area contributed by atoms with Crippen molar-refractivity contribution in [3.8, 4) is 5.75 Å². The van der Waals surface area contributed by atoms with Crippen LogP contribution >= 0.6 is 0 Å². The van der Waals surface area contributed by atoms with Gasteiger partial charge in [-0.05, 0) is 37.9 Å². The zero-order valence-electron chi connectivity index (χ0n) is 12.3. The van der Waals surface area contributed by atoms with Gasteiger partial charge < -0.3 is 10.1 Å². The van der Waals surface area contributed by atoms with Crippen LogP contribution < -0.4 is 10.1 Å². The van der Waals surface area contributed by atoms with E-state index in [1.54, 1.807) is 6.07 Å². The van der Waals surface area contributed by atoms with Crippen molar-refractivity contribution >= 4 is 0 Å². The van der Waals surface area contributed by atoms with Gasteiger partial charge in [0, 0.05) is 18.0 Å². The lowest BCUT2D eigenvalue weighted by molar-refractivity contribution is -0.135. The average Bonchev–Trinajstić information content (AvgIpc) is 2.41. The molecule has 120 valence electrons. The Balaban J connectivity index is 2.86. The molecule has 1 atom stereocenters. The van der Waals surface area contributed by atoms with Crippen LogP contribution in [0.15, 0.2) is 18.2 Å². The number of alkyl halides is 3. The van der Waals surface area contributed by atoms with E-state index in [2.05, 4.69) is 5.32 Å². The third-order valence-corrected chi connectivity index (χ3v) is 3.18. The van der Waals surface area contributed by atoms with Gasteiger partial charge in [-0.3, -0.25) is 0 Å². The average molecular weight is 307 g/mol. The summed E-state index contributed by atoms with van der Waals surface area (Å²) >= 11 is 0. The van der Waals surface area contributed by atoms with Crippen LogP contribution in [0.5, 0.6) is 5.75 Å². The van der Waals surface area contributed by atoms with E-state index in [1.165, 1.54) is 19.2 Å². The van der Waals surface area contributed by atoms with Crippen LogP contribution in [0.25, 0.3) is 0 Å². The van der Waals surface area contributed by atoms with Crippen LogP contribution in [0, 0.1) is 5.82 Å². The third-order valence-electron chi connectivity index (χ3n) is 3.18. The van der Waals surface area contributed by atoms with Crippen LogP contribution in [-0.2, 0) is 0 Å². The summed E-state index contributed by atoms with van der Waals surface area (Å²) in [5.74, 6) is -0.106. The minimum atomic E-state index is -4.19. The number of rotatable bonds is 8. The molecule has 1 rings (SSSR count). The van der Waals surface area contributed by atoms with Gasteiger partial charge in [0.25, 0.3) is 0 Å². The van der Waals surface area contributed by atoms with E-state index in [9.17, 15) is 17.6 Å². The summed E-state index contributed by atoms with van der Waals surface area (Å²) in [6, 6.07) is 3.94. The highest BCUT2D eigenvalue weighted by Crippen LogP contribution is 2.32. The molecule has 0 saturated carbocycles. The number of hydrogen-bond donors (Lipinski definition) is 1. The van der Waals surface area contributed by atoms with Gasteiger partial charge in [-0.2, -0.15) is 13.2 Å². The minimum absolute atomic E-state index is 0.0532. The molecule has 0 aromatic heterocycles. The van der Waals surface area contributed by atoms with Gasteiger partial charge in [0.05, 0.1) is 7.11 Å². The van der Waals surface area contributed by atoms with E-state index >= 15 is 0 Å².